The highest BCUT2D eigenvalue weighted by molar-refractivity contribution is 5.79. The fourth-order valence-corrected chi connectivity index (χ4v) is 5.41. The van der Waals surface area contributed by atoms with Gasteiger partial charge >= 0.3 is 0 Å². The molecule has 5 nitrogen and oxygen atoms in total. The van der Waals surface area contributed by atoms with Gasteiger partial charge in [0.2, 0.25) is 0 Å². The van der Waals surface area contributed by atoms with E-state index in [1.54, 1.807) is 13.2 Å². The quantitative estimate of drug-likeness (QED) is 0.641. The number of ether oxygens (including phenoxy) is 1. The Hall–Kier alpha value is -2.63. The van der Waals surface area contributed by atoms with Crippen molar-refractivity contribution in [3.05, 3.63) is 64.8 Å². The molecule has 3 aromatic rings. The van der Waals surface area contributed by atoms with Gasteiger partial charge in [-0.15, -0.1) is 0 Å². The minimum Gasteiger partial charge on any atom is -0.504 e. The molecule has 2 aliphatic rings. The number of aromatic nitrogens is 1. The molecule has 1 fully saturated rings. The van der Waals surface area contributed by atoms with E-state index in [1.165, 1.54) is 0 Å². The number of aryl methyl sites for hydroxylation is 1. The molecule has 5 rings (SSSR count). The standard InChI is InChI=1S/C24H26N2O3/c1-14-10-15-6-4-5-7-17(15)26-18(14)12-24-13-25-20(23(24,2)28)11-16-8-9-19(27)22(29-3)21(16)24/h4-10,20,25,27-28H,11-13H2,1-3H3. The van der Waals surface area contributed by atoms with Gasteiger partial charge in [-0.05, 0) is 49.6 Å². The third kappa shape index (κ3) is 2.44. The predicted octanol–water partition coefficient (Wildman–Crippen LogP) is 3.02. The number of hydrogen-bond acceptors (Lipinski definition) is 5. The lowest BCUT2D eigenvalue weighted by molar-refractivity contribution is -0.0217. The summed E-state index contributed by atoms with van der Waals surface area (Å²) in [4.78, 5) is 4.95. The summed E-state index contributed by atoms with van der Waals surface area (Å²) in [6, 6.07) is 13.8. The molecule has 2 heterocycles. The molecular weight excluding hydrogens is 364 g/mol. The second kappa shape index (κ2) is 6.18. The first-order chi connectivity index (χ1) is 13.9. The van der Waals surface area contributed by atoms with Crippen LogP contribution in [0.4, 0.5) is 0 Å². The van der Waals surface area contributed by atoms with E-state index in [9.17, 15) is 10.2 Å². The van der Waals surface area contributed by atoms with E-state index in [-0.39, 0.29) is 11.8 Å². The molecule has 3 N–H and O–H groups in total. The van der Waals surface area contributed by atoms with Gasteiger partial charge in [-0.1, -0.05) is 24.3 Å². The molecule has 2 bridgehead atoms. The molecule has 3 unspecified atom stereocenters. The maximum Gasteiger partial charge on any atom is 0.164 e. The number of nitrogens with zero attached hydrogens (tertiary/aromatic N) is 1. The van der Waals surface area contributed by atoms with Gasteiger partial charge < -0.3 is 20.3 Å². The first-order valence-corrected chi connectivity index (χ1v) is 10.1. The molecule has 29 heavy (non-hydrogen) atoms. The Kier molecular flexibility index (Phi) is 3.92. The summed E-state index contributed by atoms with van der Waals surface area (Å²) < 4.78 is 5.64. The summed E-state index contributed by atoms with van der Waals surface area (Å²) in [5.41, 5.74) is 3.38. The molecule has 1 saturated heterocycles. The van der Waals surface area contributed by atoms with E-state index in [1.807, 2.05) is 31.2 Å². The number of phenolic OH excluding ortho intramolecular Hbond substituents is 1. The minimum absolute atomic E-state index is 0.0509. The molecular formula is C24H26N2O3. The van der Waals surface area contributed by atoms with E-state index in [4.69, 9.17) is 9.72 Å². The van der Waals surface area contributed by atoms with Crippen molar-refractivity contribution in [3.63, 3.8) is 0 Å². The molecule has 3 atom stereocenters. The Morgan fingerprint density at radius 3 is 2.83 bits per heavy atom. The van der Waals surface area contributed by atoms with Gasteiger partial charge in [-0.2, -0.15) is 0 Å². The van der Waals surface area contributed by atoms with Crippen molar-refractivity contribution in [2.75, 3.05) is 13.7 Å². The van der Waals surface area contributed by atoms with Gasteiger partial charge in [0, 0.05) is 41.1 Å². The number of fused-ring (bicyclic) bond motifs is 5. The number of aliphatic hydroxyl groups is 1. The van der Waals surface area contributed by atoms with Crippen LogP contribution in [0.5, 0.6) is 11.5 Å². The molecule has 0 radical (unpaired) electrons. The van der Waals surface area contributed by atoms with Crippen molar-refractivity contribution in [1.29, 1.82) is 0 Å². The number of para-hydroxylation sites is 1. The molecule has 5 heteroatoms. The number of benzene rings is 2. The van der Waals surface area contributed by atoms with Gasteiger partial charge in [0.1, 0.15) is 0 Å². The topological polar surface area (TPSA) is 74.6 Å². The zero-order chi connectivity index (χ0) is 20.4. The van der Waals surface area contributed by atoms with E-state index < -0.39 is 11.0 Å². The van der Waals surface area contributed by atoms with Crippen molar-refractivity contribution < 1.29 is 14.9 Å². The minimum atomic E-state index is -0.999. The number of phenols is 1. The molecule has 1 aromatic heterocycles. The lowest BCUT2D eigenvalue weighted by Crippen LogP contribution is -2.57. The first-order valence-electron chi connectivity index (χ1n) is 10.1. The van der Waals surface area contributed by atoms with E-state index in [0.717, 1.165) is 33.3 Å². The zero-order valence-electron chi connectivity index (χ0n) is 17.0. The van der Waals surface area contributed by atoms with E-state index in [2.05, 4.69) is 24.4 Å². The number of nitrogens with one attached hydrogen (secondary N) is 1. The molecule has 1 aliphatic heterocycles. The van der Waals surface area contributed by atoms with Crippen LogP contribution in [0.2, 0.25) is 0 Å². The maximum atomic E-state index is 11.7. The number of hydrogen-bond donors (Lipinski definition) is 3. The smallest absolute Gasteiger partial charge is 0.164 e. The van der Waals surface area contributed by atoms with Crippen LogP contribution in [0.3, 0.4) is 0 Å². The molecule has 1 aliphatic carbocycles. The summed E-state index contributed by atoms with van der Waals surface area (Å²) in [7, 11) is 1.58. The fraction of sp³-hybridized carbons (Fsp3) is 0.375. The first kappa shape index (κ1) is 18.4. The van der Waals surface area contributed by atoms with Crippen molar-refractivity contribution in [3.8, 4) is 11.5 Å². The highest BCUT2D eigenvalue weighted by Gasteiger charge is 2.62. The summed E-state index contributed by atoms with van der Waals surface area (Å²) in [5, 5.41) is 26.9. The molecule has 0 spiro atoms. The van der Waals surface area contributed by atoms with Crippen LogP contribution in [0.15, 0.2) is 42.5 Å². The predicted molar refractivity (Wildman–Crippen MR) is 113 cm³/mol. The highest BCUT2D eigenvalue weighted by Crippen LogP contribution is 2.54. The highest BCUT2D eigenvalue weighted by atomic mass is 16.5. The SMILES string of the molecule is COc1c(O)ccc2c1C1(Cc3nc4ccccc4cc3C)CNC(C2)C1(C)O. The average Bonchev–Trinajstić information content (AvgIpc) is 2.84. The van der Waals surface area contributed by atoms with Crippen LogP contribution >= 0.6 is 0 Å². The second-order valence-corrected chi connectivity index (χ2v) is 8.64. The molecule has 2 aromatic carbocycles. The van der Waals surface area contributed by atoms with Gasteiger partial charge in [-0.3, -0.25) is 4.98 Å². The lowest BCUT2D eigenvalue weighted by atomic mass is 9.59. The Labute approximate surface area is 170 Å². The number of methoxy groups -OCH3 is 1. The molecule has 0 saturated carbocycles. The van der Waals surface area contributed by atoms with Crippen molar-refractivity contribution >= 4 is 10.9 Å². The lowest BCUT2D eigenvalue weighted by Gasteiger charge is -2.47. The number of rotatable bonds is 3. The number of pyridine rings is 1. The van der Waals surface area contributed by atoms with Gasteiger partial charge in [0.05, 0.1) is 18.2 Å². The maximum absolute atomic E-state index is 11.7. The Morgan fingerprint density at radius 1 is 1.24 bits per heavy atom. The van der Waals surface area contributed by atoms with Crippen LogP contribution in [0.1, 0.15) is 29.3 Å². The zero-order valence-corrected chi connectivity index (χ0v) is 17.0. The Balaban J connectivity index is 1.74. The Bertz CT molecular complexity index is 1120. The van der Waals surface area contributed by atoms with Crippen molar-refractivity contribution in [2.24, 2.45) is 0 Å². The van der Waals surface area contributed by atoms with E-state index in [0.29, 0.717) is 25.1 Å². The van der Waals surface area contributed by atoms with Crippen molar-refractivity contribution in [2.45, 2.75) is 43.7 Å². The van der Waals surface area contributed by atoms with Crippen LogP contribution in [-0.4, -0.2) is 40.5 Å². The largest absolute Gasteiger partial charge is 0.504 e. The Morgan fingerprint density at radius 2 is 2.03 bits per heavy atom. The average molecular weight is 390 g/mol. The van der Waals surface area contributed by atoms with Crippen LogP contribution in [-0.2, 0) is 18.3 Å². The third-order valence-corrected chi connectivity index (χ3v) is 7.12. The van der Waals surface area contributed by atoms with E-state index >= 15 is 0 Å². The van der Waals surface area contributed by atoms with Crippen molar-refractivity contribution in [1.82, 2.24) is 10.3 Å². The normalized spacial score (nSPS) is 27.8. The van der Waals surface area contributed by atoms with Crippen LogP contribution in [0, 0.1) is 6.92 Å². The summed E-state index contributed by atoms with van der Waals surface area (Å²) >= 11 is 0. The summed E-state index contributed by atoms with van der Waals surface area (Å²) in [6.45, 7) is 4.58. The summed E-state index contributed by atoms with van der Waals surface area (Å²) in [5.74, 6) is 0.568. The number of aromatic hydroxyl groups is 1. The van der Waals surface area contributed by atoms with Crippen LogP contribution in [0.25, 0.3) is 10.9 Å². The third-order valence-electron chi connectivity index (χ3n) is 7.12. The van der Waals surface area contributed by atoms with Crippen LogP contribution < -0.4 is 10.1 Å². The van der Waals surface area contributed by atoms with Gasteiger partial charge in [0.25, 0.3) is 0 Å². The monoisotopic (exact) mass is 390 g/mol. The second-order valence-electron chi connectivity index (χ2n) is 8.64. The summed E-state index contributed by atoms with van der Waals surface area (Å²) in [6.07, 6.45) is 1.26. The fourth-order valence-electron chi connectivity index (χ4n) is 5.41. The molecule has 150 valence electrons. The van der Waals surface area contributed by atoms with Gasteiger partial charge in [0.15, 0.2) is 11.5 Å². The van der Waals surface area contributed by atoms with Gasteiger partial charge in [-0.25, -0.2) is 0 Å². The molecule has 0 amide bonds.